The van der Waals surface area contributed by atoms with Crippen molar-refractivity contribution in [3.05, 3.63) is 97.1 Å². The van der Waals surface area contributed by atoms with Gasteiger partial charge in [0, 0.05) is 19.5 Å². The average molecular weight is 672 g/mol. The molecule has 10 nitrogen and oxygen atoms in total. The number of ether oxygens (including phenoxy) is 2. The lowest BCUT2D eigenvalue weighted by atomic mass is 9.70. The first-order chi connectivity index (χ1) is 23.6. The summed E-state index contributed by atoms with van der Waals surface area (Å²) in [5.41, 5.74) is 0.342. The SMILES string of the molecule is C=CCCC(=O)N[C@H](C)[C@@H](OC(=O)[C@@H]1[C@@H]2CC[C@]3(O2)[C@H](C(=O)N(CC=C)Cc2ccccc2)N([C@@H](CO)C(C)C)C(=O)[C@@H]13)c1ccccc1. The van der Waals surface area contributed by atoms with Crippen LogP contribution in [0.5, 0.6) is 0 Å². The maximum atomic E-state index is 14.7. The van der Waals surface area contributed by atoms with Crippen molar-refractivity contribution in [3.63, 3.8) is 0 Å². The Hall–Kier alpha value is -4.28. The summed E-state index contributed by atoms with van der Waals surface area (Å²) in [6.07, 6.45) is 3.50. The summed E-state index contributed by atoms with van der Waals surface area (Å²) in [6.45, 7) is 13.3. The first kappa shape index (κ1) is 36.0. The van der Waals surface area contributed by atoms with Crippen LogP contribution in [-0.4, -0.2) is 81.6 Å². The summed E-state index contributed by atoms with van der Waals surface area (Å²) in [4.78, 5) is 59.5. The molecule has 2 N–H and O–H groups in total. The van der Waals surface area contributed by atoms with E-state index in [1.807, 2.05) is 74.5 Å². The molecule has 3 amide bonds. The average Bonchev–Trinajstić information content (AvgIpc) is 3.74. The number of hydrogen-bond donors (Lipinski definition) is 2. The third-order valence-electron chi connectivity index (χ3n) is 10.2. The Bertz CT molecular complexity index is 1510. The molecule has 0 radical (unpaired) electrons. The van der Waals surface area contributed by atoms with E-state index in [4.69, 9.17) is 9.47 Å². The predicted octanol–water partition coefficient (Wildman–Crippen LogP) is 4.35. The van der Waals surface area contributed by atoms with Crippen LogP contribution in [0.2, 0.25) is 0 Å². The lowest BCUT2D eigenvalue weighted by Gasteiger charge is -2.40. The Balaban J connectivity index is 1.49. The Labute approximate surface area is 289 Å². The van der Waals surface area contributed by atoms with Gasteiger partial charge in [-0.05, 0) is 43.2 Å². The molecule has 5 rings (SSSR count). The first-order valence-electron chi connectivity index (χ1n) is 17.3. The standard InChI is InChI=1S/C39H49N3O7/c1-6-8-19-31(44)40-26(5)34(28-17-13-10-14-18-28)48-38(47)32-30-20-21-39(49-30)33(32)36(45)42(29(24-43)25(3)4)35(39)37(46)41(22-7-2)23-27-15-11-9-12-16-27/h6-7,9-18,25-26,29-30,32-35,43H,1-2,8,19-24H2,3-5H3,(H,40,44)/t26-,29+,30+,32-,33-,34-,35+,39-/m1/s1. The number of nitrogens with one attached hydrogen (secondary N) is 1. The lowest BCUT2D eigenvalue weighted by Crippen LogP contribution is -2.59. The number of aliphatic hydroxyl groups is 1. The van der Waals surface area contributed by atoms with Gasteiger partial charge in [-0.3, -0.25) is 19.2 Å². The van der Waals surface area contributed by atoms with Crippen LogP contribution < -0.4 is 5.32 Å². The number of allylic oxidation sites excluding steroid dienone is 1. The zero-order valence-corrected chi connectivity index (χ0v) is 28.7. The summed E-state index contributed by atoms with van der Waals surface area (Å²) in [5, 5.41) is 13.5. The minimum atomic E-state index is -1.27. The van der Waals surface area contributed by atoms with Gasteiger partial charge in [-0.1, -0.05) is 86.7 Å². The number of amides is 3. The van der Waals surface area contributed by atoms with Crippen LogP contribution in [0, 0.1) is 17.8 Å². The highest BCUT2D eigenvalue weighted by atomic mass is 16.6. The minimum absolute atomic E-state index is 0.183. The van der Waals surface area contributed by atoms with Crippen molar-refractivity contribution >= 4 is 23.7 Å². The summed E-state index contributed by atoms with van der Waals surface area (Å²) >= 11 is 0. The van der Waals surface area contributed by atoms with E-state index in [9.17, 15) is 24.3 Å². The van der Waals surface area contributed by atoms with Crippen LogP contribution in [0.15, 0.2) is 86.0 Å². The number of nitrogens with zero attached hydrogens (tertiary/aromatic N) is 2. The number of hydrogen-bond acceptors (Lipinski definition) is 7. The van der Waals surface area contributed by atoms with E-state index >= 15 is 0 Å². The van der Waals surface area contributed by atoms with E-state index in [0.29, 0.717) is 31.4 Å². The Morgan fingerprint density at radius 2 is 1.76 bits per heavy atom. The van der Waals surface area contributed by atoms with Crippen molar-refractivity contribution in [2.75, 3.05) is 13.2 Å². The van der Waals surface area contributed by atoms with E-state index in [0.717, 1.165) is 5.56 Å². The van der Waals surface area contributed by atoms with Crippen molar-refractivity contribution in [2.24, 2.45) is 17.8 Å². The molecule has 8 atom stereocenters. The summed E-state index contributed by atoms with van der Waals surface area (Å²) in [7, 11) is 0. The smallest absolute Gasteiger partial charge is 0.313 e. The van der Waals surface area contributed by atoms with E-state index in [2.05, 4.69) is 18.5 Å². The molecule has 3 fully saturated rings. The topological polar surface area (TPSA) is 125 Å². The van der Waals surface area contributed by atoms with E-state index < -0.39 is 59.6 Å². The molecule has 3 saturated heterocycles. The van der Waals surface area contributed by atoms with Crippen molar-refractivity contribution in [1.82, 2.24) is 15.1 Å². The third kappa shape index (κ3) is 7.07. The van der Waals surface area contributed by atoms with Gasteiger partial charge in [0.1, 0.15) is 17.7 Å². The fourth-order valence-electron chi connectivity index (χ4n) is 7.92. The van der Waals surface area contributed by atoms with Crippen LogP contribution in [0.3, 0.4) is 0 Å². The van der Waals surface area contributed by atoms with Gasteiger partial charge in [0.05, 0.1) is 36.6 Å². The normalized spacial score (nSPS) is 25.7. The lowest BCUT2D eigenvalue weighted by molar-refractivity contribution is -0.163. The van der Waals surface area contributed by atoms with Crippen LogP contribution in [0.4, 0.5) is 0 Å². The highest BCUT2D eigenvalue weighted by Gasteiger charge is 2.76. The second-order valence-corrected chi connectivity index (χ2v) is 13.7. The molecule has 2 aromatic carbocycles. The van der Waals surface area contributed by atoms with Crippen molar-refractivity contribution < 1.29 is 33.8 Å². The molecule has 3 aliphatic heterocycles. The first-order valence-corrected chi connectivity index (χ1v) is 17.3. The highest BCUT2D eigenvalue weighted by molar-refractivity contribution is 5.98. The monoisotopic (exact) mass is 671 g/mol. The molecule has 1 spiro atoms. The molecule has 2 bridgehead atoms. The fraction of sp³-hybridized carbons (Fsp3) is 0.487. The molecule has 49 heavy (non-hydrogen) atoms. The number of rotatable bonds is 16. The van der Waals surface area contributed by atoms with Crippen LogP contribution >= 0.6 is 0 Å². The minimum Gasteiger partial charge on any atom is -0.455 e. The molecule has 3 heterocycles. The zero-order valence-electron chi connectivity index (χ0n) is 28.7. The second kappa shape index (κ2) is 15.5. The summed E-state index contributed by atoms with van der Waals surface area (Å²) in [5.74, 6) is -3.64. The third-order valence-corrected chi connectivity index (χ3v) is 10.2. The number of fused-ring (bicyclic) bond motifs is 1. The van der Waals surface area contributed by atoms with Gasteiger partial charge in [0.25, 0.3) is 0 Å². The maximum absolute atomic E-state index is 14.7. The summed E-state index contributed by atoms with van der Waals surface area (Å²) in [6, 6.07) is 16.4. The Kier molecular flexibility index (Phi) is 11.4. The molecular formula is C39H49N3O7. The predicted molar refractivity (Wildman–Crippen MR) is 185 cm³/mol. The molecule has 10 heteroatoms. The Morgan fingerprint density at radius 3 is 2.37 bits per heavy atom. The molecule has 0 aliphatic carbocycles. The molecule has 262 valence electrons. The quantitative estimate of drug-likeness (QED) is 0.201. The van der Waals surface area contributed by atoms with Crippen molar-refractivity contribution in [2.45, 2.75) is 88.9 Å². The van der Waals surface area contributed by atoms with Gasteiger partial charge in [-0.25, -0.2) is 0 Å². The van der Waals surface area contributed by atoms with Gasteiger partial charge < -0.3 is 29.7 Å². The molecule has 3 aliphatic rings. The second-order valence-electron chi connectivity index (χ2n) is 13.7. The number of carbonyl (C=O) groups is 4. The number of carbonyl (C=O) groups excluding carboxylic acids is 4. The number of esters is 1. The van der Waals surface area contributed by atoms with Gasteiger partial charge in [0.15, 0.2) is 0 Å². The van der Waals surface area contributed by atoms with Gasteiger partial charge >= 0.3 is 5.97 Å². The van der Waals surface area contributed by atoms with E-state index in [-0.39, 0.29) is 37.3 Å². The van der Waals surface area contributed by atoms with Gasteiger partial charge in [-0.2, -0.15) is 0 Å². The van der Waals surface area contributed by atoms with Crippen molar-refractivity contribution in [3.8, 4) is 0 Å². The molecule has 0 saturated carbocycles. The van der Waals surface area contributed by atoms with Gasteiger partial charge in [-0.15, -0.1) is 13.2 Å². The van der Waals surface area contributed by atoms with E-state index in [1.165, 1.54) is 4.90 Å². The molecule has 0 unspecified atom stereocenters. The fourth-order valence-corrected chi connectivity index (χ4v) is 7.92. The van der Waals surface area contributed by atoms with Crippen molar-refractivity contribution in [1.29, 1.82) is 0 Å². The number of likely N-dealkylation sites (tertiary alicyclic amines) is 1. The summed E-state index contributed by atoms with van der Waals surface area (Å²) < 4.78 is 12.9. The number of aliphatic hydroxyl groups excluding tert-OH is 1. The maximum Gasteiger partial charge on any atom is 0.313 e. The van der Waals surface area contributed by atoms with Crippen LogP contribution in [-0.2, 0) is 35.2 Å². The van der Waals surface area contributed by atoms with Gasteiger partial charge in [0.2, 0.25) is 17.7 Å². The Morgan fingerprint density at radius 1 is 1.08 bits per heavy atom. The zero-order chi connectivity index (χ0) is 35.3. The number of benzene rings is 2. The molecule has 2 aromatic rings. The molecular weight excluding hydrogens is 622 g/mol. The molecule has 0 aromatic heterocycles. The largest absolute Gasteiger partial charge is 0.455 e. The van der Waals surface area contributed by atoms with Crippen LogP contribution in [0.25, 0.3) is 0 Å². The van der Waals surface area contributed by atoms with Crippen LogP contribution in [0.1, 0.15) is 63.7 Å². The van der Waals surface area contributed by atoms with E-state index in [1.54, 1.807) is 24.0 Å². The highest BCUT2D eigenvalue weighted by Crippen LogP contribution is 2.59.